The summed E-state index contributed by atoms with van der Waals surface area (Å²) < 4.78 is 0. The molecule has 0 aromatic heterocycles. The van der Waals surface area contributed by atoms with Gasteiger partial charge >= 0.3 is 0 Å². The summed E-state index contributed by atoms with van der Waals surface area (Å²) in [5.74, 6) is -0.640. The second kappa shape index (κ2) is 7.90. The van der Waals surface area contributed by atoms with Crippen LogP contribution >= 0.6 is 0 Å². The van der Waals surface area contributed by atoms with E-state index in [2.05, 4.69) is 39.8 Å². The van der Waals surface area contributed by atoms with E-state index in [0.717, 1.165) is 35.6 Å². The molecule has 2 unspecified atom stereocenters. The van der Waals surface area contributed by atoms with Gasteiger partial charge in [-0.15, -0.1) is 0 Å². The van der Waals surface area contributed by atoms with Crippen LogP contribution in [0.4, 0.5) is 17.1 Å². The van der Waals surface area contributed by atoms with Gasteiger partial charge in [-0.25, -0.2) is 0 Å². The Morgan fingerprint density at radius 2 is 1.41 bits per heavy atom. The number of carbonyl (C=O) groups excluding carboxylic acids is 2. The molecule has 2 fully saturated rings. The van der Waals surface area contributed by atoms with Crippen molar-refractivity contribution in [1.29, 1.82) is 0 Å². The van der Waals surface area contributed by atoms with E-state index in [-0.39, 0.29) is 23.7 Å². The quantitative estimate of drug-likeness (QED) is 0.793. The third-order valence-corrected chi connectivity index (χ3v) is 6.00. The number of hydrogen-bond donors (Lipinski definition) is 2. The standard InChI is InChI=1S/C24H29N3O2/c1-15-12-16(2)22(17(3)13-15)26-24(29)21-14-20(21)23(28)25-18-6-8-19(9-7-18)27-10-4-5-11-27/h6-9,12-13,20-21H,4-5,10-11,14H2,1-3H3,(H,25,28)(H,26,29). The molecule has 0 bridgehead atoms. The highest BCUT2D eigenvalue weighted by Gasteiger charge is 2.48. The van der Waals surface area contributed by atoms with E-state index in [1.165, 1.54) is 24.1 Å². The molecule has 1 aliphatic heterocycles. The summed E-state index contributed by atoms with van der Waals surface area (Å²) in [6, 6.07) is 12.1. The molecule has 1 aliphatic carbocycles. The van der Waals surface area contributed by atoms with Crippen LogP contribution in [0.3, 0.4) is 0 Å². The van der Waals surface area contributed by atoms with Crippen molar-refractivity contribution in [3.63, 3.8) is 0 Å². The summed E-state index contributed by atoms with van der Waals surface area (Å²) in [6.45, 7) is 8.25. The lowest BCUT2D eigenvalue weighted by atomic mass is 10.0. The van der Waals surface area contributed by atoms with Crippen LogP contribution in [-0.2, 0) is 9.59 Å². The second-order valence-corrected chi connectivity index (χ2v) is 8.44. The number of aryl methyl sites for hydroxylation is 3. The third kappa shape index (κ3) is 4.29. The van der Waals surface area contributed by atoms with Crippen LogP contribution in [0.15, 0.2) is 36.4 Å². The van der Waals surface area contributed by atoms with Crippen LogP contribution < -0.4 is 15.5 Å². The van der Waals surface area contributed by atoms with Crippen molar-refractivity contribution in [3.05, 3.63) is 53.1 Å². The Kier molecular flexibility index (Phi) is 5.31. The molecule has 1 heterocycles. The summed E-state index contributed by atoms with van der Waals surface area (Å²) in [7, 11) is 0. The van der Waals surface area contributed by atoms with E-state index in [1.807, 2.05) is 32.9 Å². The predicted octanol–water partition coefficient (Wildman–Crippen LogP) is 4.43. The molecule has 2 aromatic carbocycles. The van der Waals surface area contributed by atoms with Gasteiger partial charge in [-0.2, -0.15) is 0 Å². The van der Waals surface area contributed by atoms with Gasteiger partial charge in [-0.3, -0.25) is 9.59 Å². The molecule has 152 valence electrons. The Bertz CT molecular complexity index is 907. The van der Waals surface area contributed by atoms with Crippen molar-refractivity contribution in [2.24, 2.45) is 11.8 Å². The first-order valence-electron chi connectivity index (χ1n) is 10.5. The highest BCUT2D eigenvalue weighted by molar-refractivity contribution is 6.03. The minimum absolute atomic E-state index is 0.0652. The van der Waals surface area contributed by atoms with Crippen LogP contribution in [0.5, 0.6) is 0 Å². The second-order valence-electron chi connectivity index (χ2n) is 8.44. The molecule has 29 heavy (non-hydrogen) atoms. The Balaban J connectivity index is 1.33. The fourth-order valence-electron chi connectivity index (χ4n) is 4.33. The molecule has 2 N–H and O–H groups in total. The molecule has 2 aromatic rings. The first-order chi connectivity index (χ1) is 13.9. The lowest BCUT2D eigenvalue weighted by Gasteiger charge is -2.17. The lowest BCUT2D eigenvalue weighted by Crippen LogP contribution is -2.21. The Hall–Kier alpha value is -2.82. The average Bonchev–Trinajstić information content (AvgIpc) is 3.31. The number of hydrogen-bond acceptors (Lipinski definition) is 3. The molecular formula is C24H29N3O2. The molecular weight excluding hydrogens is 362 g/mol. The number of amides is 2. The van der Waals surface area contributed by atoms with Crippen LogP contribution in [0.2, 0.25) is 0 Å². The highest BCUT2D eigenvalue weighted by Crippen LogP contribution is 2.40. The Morgan fingerprint density at radius 3 is 2.00 bits per heavy atom. The van der Waals surface area contributed by atoms with Gasteiger partial charge in [-0.05, 0) is 75.4 Å². The maximum Gasteiger partial charge on any atom is 0.228 e. The number of benzene rings is 2. The molecule has 2 atom stereocenters. The minimum atomic E-state index is -0.251. The minimum Gasteiger partial charge on any atom is -0.372 e. The van der Waals surface area contributed by atoms with Crippen molar-refractivity contribution >= 4 is 28.9 Å². The van der Waals surface area contributed by atoms with E-state index in [1.54, 1.807) is 0 Å². The average molecular weight is 392 g/mol. The van der Waals surface area contributed by atoms with Crippen LogP contribution in [-0.4, -0.2) is 24.9 Å². The molecule has 2 aliphatic rings. The molecule has 2 amide bonds. The summed E-state index contributed by atoms with van der Waals surface area (Å²) >= 11 is 0. The largest absolute Gasteiger partial charge is 0.372 e. The number of nitrogens with one attached hydrogen (secondary N) is 2. The third-order valence-electron chi connectivity index (χ3n) is 6.00. The Morgan fingerprint density at radius 1 is 0.862 bits per heavy atom. The first-order valence-corrected chi connectivity index (χ1v) is 10.5. The van der Waals surface area contributed by atoms with Gasteiger partial charge in [0.15, 0.2) is 0 Å². The molecule has 1 saturated heterocycles. The van der Waals surface area contributed by atoms with Gasteiger partial charge < -0.3 is 15.5 Å². The Labute approximate surface area is 172 Å². The maximum absolute atomic E-state index is 12.6. The molecule has 0 spiro atoms. The number of rotatable bonds is 5. The van der Waals surface area contributed by atoms with Crippen molar-refractivity contribution in [3.8, 4) is 0 Å². The highest BCUT2D eigenvalue weighted by atomic mass is 16.2. The van der Waals surface area contributed by atoms with E-state index >= 15 is 0 Å². The normalized spacial score (nSPS) is 20.4. The van der Waals surface area contributed by atoms with Crippen LogP contribution in [0.1, 0.15) is 36.0 Å². The monoisotopic (exact) mass is 391 g/mol. The zero-order valence-corrected chi connectivity index (χ0v) is 17.4. The first kappa shape index (κ1) is 19.5. The lowest BCUT2D eigenvalue weighted by molar-refractivity contribution is -0.122. The van der Waals surface area contributed by atoms with Gasteiger partial charge in [-0.1, -0.05) is 17.7 Å². The van der Waals surface area contributed by atoms with E-state index in [0.29, 0.717) is 6.42 Å². The summed E-state index contributed by atoms with van der Waals surface area (Å²) in [5.41, 5.74) is 6.13. The zero-order chi connectivity index (χ0) is 20.5. The predicted molar refractivity (Wildman–Crippen MR) is 117 cm³/mol. The topological polar surface area (TPSA) is 61.4 Å². The van der Waals surface area contributed by atoms with Gasteiger partial charge in [0.05, 0.1) is 11.8 Å². The molecule has 1 saturated carbocycles. The molecule has 4 rings (SSSR count). The number of anilines is 3. The summed E-state index contributed by atoms with van der Waals surface area (Å²) in [4.78, 5) is 27.5. The molecule has 5 heteroatoms. The van der Waals surface area contributed by atoms with Crippen molar-refractivity contribution in [1.82, 2.24) is 0 Å². The van der Waals surface area contributed by atoms with E-state index in [4.69, 9.17) is 0 Å². The summed E-state index contributed by atoms with van der Waals surface area (Å²) in [5, 5.41) is 5.99. The van der Waals surface area contributed by atoms with Crippen molar-refractivity contribution in [2.45, 2.75) is 40.0 Å². The molecule has 5 nitrogen and oxygen atoms in total. The van der Waals surface area contributed by atoms with Gasteiger partial charge in [0.1, 0.15) is 0 Å². The van der Waals surface area contributed by atoms with Crippen molar-refractivity contribution in [2.75, 3.05) is 28.6 Å². The van der Waals surface area contributed by atoms with Gasteiger partial charge in [0.25, 0.3) is 0 Å². The smallest absolute Gasteiger partial charge is 0.228 e. The van der Waals surface area contributed by atoms with E-state index in [9.17, 15) is 9.59 Å². The van der Waals surface area contributed by atoms with Gasteiger partial charge in [0, 0.05) is 30.2 Å². The van der Waals surface area contributed by atoms with Crippen molar-refractivity contribution < 1.29 is 9.59 Å². The van der Waals surface area contributed by atoms with E-state index < -0.39 is 0 Å². The fraction of sp³-hybridized carbons (Fsp3) is 0.417. The number of nitrogens with zero attached hydrogens (tertiary/aromatic N) is 1. The van der Waals surface area contributed by atoms with Crippen LogP contribution in [0, 0.1) is 32.6 Å². The maximum atomic E-state index is 12.6. The summed E-state index contributed by atoms with van der Waals surface area (Å²) in [6.07, 6.45) is 3.09. The van der Waals surface area contributed by atoms with Gasteiger partial charge in [0.2, 0.25) is 11.8 Å². The number of carbonyl (C=O) groups is 2. The van der Waals surface area contributed by atoms with Crippen LogP contribution in [0.25, 0.3) is 0 Å². The SMILES string of the molecule is Cc1cc(C)c(NC(=O)C2CC2C(=O)Nc2ccc(N3CCCC3)cc2)c(C)c1. The fourth-order valence-corrected chi connectivity index (χ4v) is 4.33. The molecule has 0 radical (unpaired) electrons. The zero-order valence-electron chi connectivity index (χ0n) is 17.4.